The van der Waals surface area contributed by atoms with Crippen molar-refractivity contribution in [2.45, 2.75) is 157 Å². The molecule has 13 atom stereocenters. The van der Waals surface area contributed by atoms with Crippen LogP contribution in [0.4, 0.5) is 5.69 Å². The summed E-state index contributed by atoms with van der Waals surface area (Å²) in [7, 11) is 6.21. The van der Waals surface area contributed by atoms with E-state index in [4.69, 9.17) is 28.4 Å². The van der Waals surface area contributed by atoms with Gasteiger partial charge >= 0.3 is 17.9 Å². The average molecular weight is 1130 g/mol. The number of amides is 2. The molecule has 1 aliphatic carbocycles. The third-order valence-corrected chi connectivity index (χ3v) is 19.1. The number of fused-ring (bicyclic) bond motifs is 6. The summed E-state index contributed by atoms with van der Waals surface area (Å²) in [4.78, 5) is 78.8. The molecule has 1 spiro atoms. The number of nitrogens with one attached hydrogen (secondary N) is 3. The van der Waals surface area contributed by atoms with Gasteiger partial charge in [0, 0.05) is 104 Å². The zero-order chi connectivity index (χ0) is 58.2. The molecule has 444 valence electrons. The van der Waals surface area contributed by atoms with E-state index in [9.17, 15) is 34.8 Å². The average Bonchev–Trinajstić information content (AvgIpc) is 1.65. The fourth-order valence-corrected chi connectivity index (χ4v) is 15.2. The molecular weight excluding hydrogens is 1040 g/mol. The number of nitrogens with zero attached hydrogens (tertiary/aromatic N) is 3. The molecule has 9 rings (SSSR count). The van der Waals surface area contributed by atoms with Crippen LogP contribution in [0.2, 0.25) is 0 Å². The Balaban J connectivity index is 0.955. The Morgan fingerprint density at radius 1 is 0.938 bits per heavy atom. The lowest BCUT2D eigenvalue weighted by molar-refractivity contribution is -0.203. The van der Waals surface area contributed by atoms with Gasteiger partial charge in [-0.2, -0.15) is 0 Å². The molecule has 21 heteroatoms. The number of esters is 3. The topological polar surface area (TPSA) is 271 Å². The molecular formula is C60H84N6O15. The largest absolute Gasteiger partial charge is 0.496 e. The highest BCUT2D eigenvalue weighted by Gasteiger charge is 2.78. The van der Waals surface area contributed by atoms with Gasteiger partial charge in [-0.1, -0.05) is 51.1 Å². The van der Waals surface area contributed by atoms with Crippen molar-refractivity contribution in [2.24, 2.45) is 11.3 Å². The summed E-state index contributed by atoms with van der Waals surface area (Å²) < 4.78 is 33.8. The number of aliphatic hydroxyl groups is 4. The molecule has 0 radical (unpaired) electrons. The van der Waals surface area contributed by atoms with E-state index < -0.39 is 87.9 Å². The number of aromatic nitrogens is 1. The van der Waals surface area contributed by atoms with Crippen molar-refractivity contribution in [1.82, 2.24) is 25.4 Å². The first-order valence-electron chi connectivity index (χ1n) is 28.9. The maximum absolute atomic E-state index is 15.4. The van der Waals surface area contributed by atoms with Gasteiger partial charge in [0.15, 0.2) is 11.9 Å². The number of rotatable bonds is 23. The molecule has 1 aromatic heterocycles. The first kappa shape index (κ1) is 60.0. The lowest BCUT2D eigenvalue weighted by Crippen LogP contribution is -2.81. The van der Waals surface area contributed by atoms with Gasteiger partial charge in [-0.3, -0.25) is 29.0 Å². The monoisotopic (exact) mass is 1130 g/mol. The Hall–Kier alpha value is -5.65. The molecule has 21 nitrogen and oxygen atoms in total. The van der Waals surface area contributed by atoms with Crippen LogP contribution in [-0.2, 0) is 64.9 Å². The van der Waals surface area contributed by atoms with Gasteiger partial charge in [-0.25, -0.2) is 4.79 Å². The summed E-state index contributed by atoms with van der Waals surface area (Å²) in [5.41, 5.74) is -2.47. The number of anilines is 1. The minimum absolute atomic E-state index is 0.0328. The highest BCUT2D eigenvalue weighted by atomic mass is 16.7. The van der Waals surface area contributed by atoms with Crippen molar-refractivity contribution in [1.29, 1.82) is 0 Å². The summed E-state index contributed by atoms with van der Waals surface area (Å²) in [5.74, 6) is -2.75. The molecule has 2 saturated heterocycles. The van der Waals surface area contributed by atoms with Gasteiger partial charge in [-0.05, 0) is 100 Å². The Morgan fingerprint density at radius 3 is 2.42 bits per heavy atom. The molecule has 2 amide bonds. The number of hydrogen-bond acceptors (Lipinski definition) is 18. The van der Waals surface area contributed by atoms with Crippen LogP contribution in [0.15, 0.2) is 48.6 Å². The molecule has 7 unspecified atom stereocenters. The van der Waals surface area contributed by atoms with Crippen LogP contribution in [-0.4, -0.2) is 194 Å². The minimum atomic E-state index is -2.42. The number of carbonyl (C=O) groups is 5. The van der Waals surface area contributed by atoms with Gasteiger partial charge in [0.2, 0.25) is 5.91 Å². The first-order valence-corrected chi connectivity index (χ1v) is 28.9. The van der Waals surface area contributed by atoms with E-state index in [2.05, 4.69) is 37.6 Å². The highest BCUT2D eigenvalue weighted by molar-refractivity contribution is 5.95. The smallest absolute Gasteiger partial charge is 0.328 e. The third kappa shape index (κ3) is 10.1. The lowest BCUT2D eigenvalue weighted by atomic mass is 9.47. The van der Waals surface area contributed by atoms with Gasteiger partial charge < -0.3 is 69.4 Å². The zero-order valence-corrected chi connectivity index (χ0v) is 48.2. The van der Waals surface area contributed by atoms with E-state index in [0.29, 0.717) is 87.4 Å². The molecule has 3 fully saturated rings. The Bertz CT molecular complexity index is 2860. The second-order valence-electron chi connectivity index (χ2n) is 23.2. The Labute approximate surface area is 473 Å². The number of likely N-dealkylation sites (N-methyl/N-ethyl adjacent to an activating group) is 1. The van der Waals surface area contributed by atoms with Gasteiger partial charge in [-0.15, -0.1) is 0 Å². The van der Waals surface area contributed by atoms with Gasteiger partial charge in [0.25, 0.3) is 5.91 Å². The fourth-order valence-electron chi connectivity index (χ4n) is 15.2. The van der Waals surface area contributed by atoms with Crippen LogP contribution in [0, 0.1) is 11.3 Å². The number of H-pyrrole nitrogens is 1. The summed E-state index contributed by atoms with van der Waals surface area (Å²) in [6.07, 6.45) is 4.50. The predicted molar refractivity (Wildman–Crippen MR) is 298 cm³/mol. The SMILES string of the molecule is CCC(CO)OC(COC(=O)CCCC(=O)NC(C)C(=O)OCCCNC(=O)[C@]1(O)C2N(C)c3cc(OC)c([C@@]4(C(=O)OC)C[C@@H]5CN(CCc6c4[nH]c4ccccc64)C(O)(CC)C5)cc3[C@@]23CCN2CC=C[C@](CC)(C23)[C@H]1O)OC. The number of para-hydroxylation sites is 1. The second-order valence-corrected chi connectivity index (χ2v) is 23.2. The van der Waals surface area contributed by atoms with Crippen LogP contribution < -0.4 is 20.3 Å². The van der Waals surface area contributed by atoms with Gasteiger partial charge in [0.05, 0.1) is 39.6 Å². The molecule has 1 saturated carbocycles. The Morgan fingerprint density at radius 2 is 1.72 bits per heavy atom. The number of methoxy groups -OCH3 is 3. The number of benzene rings is 2. The Kier molecular flexibility index (Phi) is 17.7. The first-order chi connectivity index (χ1) is 38.8. The second kappa shape index (κ2) is 23.9. The number of aliphatic hydroxyl groups excluding tert-OH is 2. The molecule has 6 heterocycles. The summed E-state index contributed by atoms with van der Waals surface area (Å²) >= 11 is 0. The number of carbonyl (C=O) groups excluding carboxylic acids is 5. The molecule has 81 heavy (non-hydrogen) atoms. The van der Waals surface area contributed by atoms with Crippen molar-refractivity contribution in [3.05, 3.63) is 70.9 Å². The maximum atomic E-state index is 15.4. The standard InChI is InChI=1S/C60H84N6O15/c1-9-38(34-67)81-48(77-7)35-80-47(69)20-14-19-46(68)62-36(4)50(70)79-28-16-24-61-54(72)60(75)52-58(23-27-65-25-15-22-56(10-2,51(58)65)53(60)71)41-29-42(45(76-6)30-44(41)64(52)5)59(55(73)78-8)32-37-31-57(74,11-3)66(33-37)26-21-40-39-17-12-13-18-43(39)63-49(40)59/h12-13,15,17-18,22,29-30,36-38,48,51-53,63,67,71,74-75H,9-11,14,16,19-21,23-28,31-35H2,1-8H3,(H,61,72)(H,62,68)/t36?,37-,38?,48?,51?,52?,53-,56-,57?,58-,59+,60+/m1/s1. The molecule has 7 N–H and O–H groups in total. The maximum Gasteiger partial charge on any atom is 0.328 e. The third-order valence-electron chi connectivity index (χ3n) is 19.1. The fraction of sp³-hybridized carbons (Fsp3) is 0.650. The molecule has 6 aliphatic rings. The minimum Gasteiger partial charge on any atom is -0.496 e. The van der Waals surface area contributed by atoms with E-state index in [1.807, 2.05) is 69.1 Å². The van der Waals surface area contributed by atoms with Crippen LogP contribution >= 0.6 is 0 Å². The summed E-state index contributed by atoms with van der Waals surface area (Å²) in [5, 5.41) is 54.5. The molecule has 5 aliphatic heterocycles. The van der Waals surface area contributed by atoms with E-state index in [1.54, 1.807) is 7.11 Å². The van der Waals surface area contributed by atoms with E-state index in [-0.39, 0.29) is 70.4 Å². The van der Waals surface area contributed by atoms with E-state index in [0.717, 1.165) is 22.0 Å². The van der Waals surface area contributed by atoms with E-state index in [1.165, 1.54) is 21.1 Å². The van der Waals surface area contributed by atoms with Crippen LogP contribution in [0.5, 0.6) is 5.75 Å². The number of hydrogen-bond donors (Lipinski definition) is 7. The van der Waals surface area contributed by atoms with Crippen molar-refractivity contribution < 1.29 is 72.8 Å². The quantitative estimate of drug-likeness (QED) is 0.0236. The predicted octanol–water partition coefficient (Wildman–Crippen LogP) is 3.23. The lowest BCUT2D eigenvalue weighted by Gasteiger charge is -2.63. The van der Waals surface area contributed by atoms with Crippen molar-refractivity contribution in [2.75, 3.05) is 85.8 Å². The van der Waals surface area contributed by atoms with Crippen molar-refractivity contribution in [3.63, 3.8) is 0 Å². The normalized spacial score (nSPS) is 31.1. The van der Waals surface area contributed by atoms with Crippen molar-refractivity contribution in [3.8, 4) is 5.75 Å². The number of aromatic amines is 1. The zero-order valence-electron chi connectivity index (χ0n) is 48.2. The van der Waals surface area contributed by atoms with Gasteiger partial charge in [0.1, 0.15) is 35.6 Å². The summed E-state index contributed by atoms with van der Waals surface area (Å²) in [6.45, 7) is 9.07. The van der Waals surface area contributed by atoms with Crippen LogP contribution in [0.25, 0.3) is 10.9 Å². The number of ether oxygens (including phenoxy) is 6. The molecule has 2 bridgehead atoms. The van der Waals surface area contributed by atoms with Crippen LogP contribution in [0.1, 0.15) is 114 Å². The highest BCUT2D eigenvalue weighted by Crippen LogP contribution is 2.67. The van der Waals surface area contributed by atoms with Crippen molar-refractivity contribution >= 4 is 46.3 Å². The molecule has 2 aromatic carbocycles. The molecule has 3 aromatic rings. The van der Waals surface area contributed by atoms with Crippen LogP contribution in [0.3, 0.4) is 0 Å². The summed E-state index contributed by atoms with van der Waals surface area (Å²) in [6, 6.07) is 9.57. The van der Waals surface area contributed by atoms with E-state index >= 15 is 9.59 Å².